The van der Waals surface area contributed by atoms with Gasteiger partial charge in [-0.05, 0) is 6.42 Å². The van der Waals surface area contributed by atoms with E-state index >= 15 is 0 Å². The molecule has 0 saturated carbocycles. The molecular formula is C9H14N4S. The van der Waals surface area contributed by atoms with Gasteiger partial charge in [-0.15, -0.1) is 0 Å². The number of nitrogens with zero attached hydrogens (tertiary/aromatic N) is 3. The fourth-order valence-electron chi connectivity index (χ4n) is 0.888. The maximum absolute atomic E-state index is 8.44. The normalized spacial score (nSPS) is 12.4. The van der Waals surface area contributed by atoms with Gasteiger partial charge in [0.1, 0.15) is 5.82 Å². The summed E-state index contributed by atoms with van der Waals surface area (Å²) in [6, 6.07) is 2.02. The van der Waals surface area contributed by atoms with Crippen LogP contribution >= 0.6 is 11.8 Å². The lowest BCUT2D eigenvalue weighted by molar-refractivity contribution is 0.901. The highest BCUT2D eigenvalue weighted by atomic mass is 32.2. The lowest BCUT2D eigenvalue weighted by Gasteiger charge is -2.04. The summed E-state index contributed by atoms with van der Waals surface area (Å²) in [6.45, 7) is 4.36. The summed E-state index contributed by atoms with van der Waals surface area (Å²) in [5.41, 5.74) is 0. The first-order valence-electron chi connectivity index (χ1n) is 4.65. The highest BCUT2D eigenvalue weighted by Crippen LogP contribution is 2.17. The van der Waals surface area contributed by atoms with Crippen molar-refractivity contribution in [3.63, 3.8) is 0 Å². The average molecular weight is 210 g/mol. The summed E-state index contributed by atoms with van der Waals surface area (Å²) < 4.78 is 0. The number of hydrogen-bond donors (Lipinski definition) is 1. The standard InChI is InChI=1S/C9H14N4S/c1-3-7(2)14-6-9-11-8(4-5-10)12-13-9/h7H,3-4,6H2,1-2H3,(H,11,12,13). The van der Waals surface area contributed by atoms with Gasteiger partial charge >= 0.3 is 0 Å². The quantitative estimate of drug-likeness (QED) is 0.806. The maximum atomic E-state index is 8.44. The molecule has 0 aliphatic heterocycles. The van der Waals surface area contributed by atoms with Crippen molar-refractivity contribution in [2.75, 3.05) is 0 Å². The van der Waals surface area contributed by atoms with Crippen LogP contribution in [0.1, 0.15) is 31.9 Å². The van der Waals surface area contributed by atoms with Crippen LogP contribution < -0.4 is 0 Å². The van der Waals surface area contributed by atoms with Gasteiger partial charge in [-0.25, -0.2) is 4.98 Å². The average Bonchev–Trinajstić information content (AvgIpc) is 2.63. The molecule has 1 unspecified atom stereocenters. The van der Waals surface area contributed by atoms with E-state index in [-0.39, 0.29) is 6.42 Å². The van der Waals surface area contributed by atoms with Gasteiger partial charge in [0.05, 0.1) is 18.2 Å². The van der Waals surface area contributed by atoms with E-state index in [2.05, 4.69) is 29.0 Å². The molecule has 4 nitrogen and oxygen atoms in total. The summed E-state index contributed by atoms with van der Waals surface area (Å²) in [5.74, 6) is 2.29. The second-order valence-electron chi connectivity index (χ2n) is 3.06. The Morgan fingerprint density at radius 1 is 1.64 bits per heavy atom. The molecule has 0 aromatic carbocycles. The molecule has 1 rings (SSSR count). The molecule has 1 heterocycles. The van der Waals surface area contributed by atoms with Crippen molar-refractivity contribution in [2.24, 2.45) is 0 Å². The van der Waals surface area contributed by atoms with Gasteiger partial charge in [0.2, 0.25) is 0 Å². The van der Waals surface area contributed by atoms with Crippen LogP contribution in [0.3, 0.4) is 0 Å². The van der Waals surface area contributed by atoms with Crippen LogP contribution in [0.5, 0.6) is 0 Å². The van der Waals surface area contributed by atoms with E-state index in [9.17, 15) is 0 Å². The second-order valence-corrected chi connectivity index (χ2v) is 4.49. The van der Waals surface area contributed by atoms with E-state index in [0.29, 0.717) is 11.1 Å². The molecule has 1 N–H and O–H groups in total. The van der Waals surface area contributed by atoms with Crippen LogP contribution in [0.4, 0.5) is 0 Å². The molecule has 14 heavy (non-hydrogen) atoms. The van der Waals surface area contributed by atoms with E-state index in [0.717, 1.165) is 18.0 Å². The first-order chi connectivity index (χ1) is 6.76. The first-order valence-corrected chi connectivity index (χ1v) is 5.69. The van der Waals surface area contributed by atoms with E-state index in [1.165, 1.54) is 0 Å². The van der Waals surface area contributed by atoms with Crippen LogP contribution in [0.15, 0.2) is 0 Å². The first kappa shape index (κ1) is 11.1. The summed E-state index contributed by atoms with van der Waals surface area (Å²) in [4.78, 5) is 4.20. The van der Waals surface area contributed by atoms with Crippen LogP contribution in [0, 0.1) is 11.3 Å². The Labute approximate surface area is 88.1 Å². The second kappa shape index (κ2) is 5.66. The predicted octanol–water partition coefficient (Wildman–Crippen LogP) is 1.90. The third kappa shape index (κ3) is 3.38. The minimum Gasteiger partial charge on any atom is -0.262 e. The molecule has 0 saturated heterocycles. The molecule has 1 aromatic rings. The number of hydrogen-bond acceptors (Lipinski definition) is 4. The Morgan fingerprint density at radius 3 is 3.07 bits per heavy atom. The van der Waals surface area contributed by atoms with Crippen LogP contribution in [-0.2, 0) is 12.2 Å². The van der Waals surface area contributed by atoms with Gasteiger partial charge in [0, 0.05) is 5.25 Å². The summed E-state index contributed by atoms with van der Waals surface area (Å²) in [7, 11) is 0. The number of rotatable bonds is 5. The minimum atomic E-state index is 0.282. The Hall–Kier alpha value is -1.02. The summed E-state index contributed by atoms with van der Waals surface area (Å²) in [6.07, 6.45) is 1.44. The zero-order chi connectivity index (χ0) is 10.4. The van der Waals surface area contributed by atoms with Crippen molar-refractivity contribution < 1.29 is 0 Å². The molecule has 1 aromatic heterocycles. The van der Waals surface area contributed by atoms with Crippen LogP contribution in [0.25, 0.3) is 0 Å². The molecule has 0 amide bonds. The Morgan fingerprint density at radius 2 is 2.43 bits per heavy atom. The monoisotopic (exact) mass is 210 g/mol. The highest BCUT2D eigenvalue weighted by Gasteiger charge is 2.04. The Balaban J connectivity index is 2.40. The van der Waals surface area contributed by atoms with Crippen molar-refractivity contribution in [3.05, 3.63) is 11.6 Å². The molecule has 0 aliphatic rings. The Bertz CT molecular complexity index is 315. The molecule has 0 bridgehead atoms. The third-order valence-electron chi connectivity index (χ3n) is 1.89. The zero-order valence-corrected chi connectivity index (χ0v) is 9.27. The smallest absolute Gasteiger partial charge is 0.164 e. The number of nitriles is 1. The fraction of sp³-hybridized carbons (Fsp3) is 0.667. The van der Waals surface area contributed by atoms with Crippen molar-refractivity contribution in [1.82, 2.24) is 15.2 Å². The van der Waals surface area contributed by atoms with Crippen molar-refractivity contribution in [2.45, 2.75) is 37.7 Å². The molecule has 0 spiro atoms. The third-order valence-corrected chi connectivity index (χ3v) is 3.24. The highest BCUT2D eigenvalue weighted by molar-refractivity contribution is 7.99. The number of H-pyrrole nitrogens is 1. The minimum absolute atomic E-state index is 0.282. The van der Waals surface area contributed by atoms with Gasteiger partial charge in [0.15, 0.2) is 5.82 Å². The van der Waals surface area contributed by atoms with Gasteiger partial charge < -0.3 is 0 Å². The summed E-state index contributed by atoms with van der Waals surface area (Å²) in [5, 5.41) is 15.8. The molecule has 1 atom stereocenters. The maximum Gasteiger partial charge on any atom is 0.164 e. The van der Waals surface area contributed by atoms with Crippen molar-refractivity contribution in [3.8, 4) is 6.07 Å². The van der Waals surface area contributed by atoms with Gasteiger partial charge in [0.25, 0.3) is 0 Å². The molecular weight excluding hydrogens is 196 g/mol. The number of aromatic amines is 1. The van der Waals surface area contributed by atoms with Crippen molar-refractivity contribution in [1.29, 1.82) is 5.26 Å². The van der Waals surface area contributed by atoms with E-state index in [4.69, 9.17) is 5.26 Å². The van der Waals surface area contributed by atoms with Gasteiger partial charge in [-0.2, -0.15) is 22.1 Å². The molecule has 76 valence electrons. The van der Waals surface area contributed by atoms with Crippen LogP contribution in [0.2, 0.25) is 0 Å². The number of aromatic nitrogens is 3. The van der Waals surface area contributed by atoms with Crippen molar-refractivity contribution >= 4 is 11.8 Å². The molecule has 0 aliphatic carbocycles. The van der Waals surface area contributed by atoms with E-state index < -0.39 is 0 Å². The Kier molecular flexibility index (Phi) is 4.47. The van der Waals surface area contributed by atoms with Crippen LogP contribution in [-0.4, -0.2) is 20.4 Å². The number of thioether (sulfide) groups is 1. The molecule has 0 fully saturated rings. The largest absolute Gasteiger partial charge is 0.262 e. The zero-order valence-electron chi connectivity index (χ0n) is 8.45. The SMILES string of the molecule is CCC(C)SCc1nc(CC#N)n[nH]1. The topological polar surface area (TPSA) is 65.4 Å². The molecule has 5 heteroatoms. The van der Waals surface area contributed by atoms with E-state index in [1.807, 2.05) is 17.8 Å². The van der Waals surface area contributed by atoms with Gasteiger partial charge in [-0.1, -0.05) is 13.8 Å². The lowest BCUT2D eigenvalue weighted by Crippen LogP contribution is -1.95. The molecule has 0 radical (unpaired) electrons. The predicted molar refractivity (Wildman–Crippen MR) is 56.7 cm³/mol. The van der Waals surface area contributed by atoms with Gasteiger partial charge in [-0.3, -0.25) is 5.10 Å². The fourth-order valence-corrected chi connectivity index (χ4v) is 1.70. The lowest BCUT2D eigenvalue weighted by atomic mass is 10.4. The summed E-state index contributed by atoms with van der Waals surface area (Å²) >= 11 is 1.84. The number of nitrogens with one attached hydrogen (secondary N) is 1. The van der Waals surface area contributed by atoms with E-state index in [1.54, 1.807) is 0 Å².